The second kappa shape index (κ2) is 3.69. The maximum atomic E-state index is 4.36. The van der Waals surface area contributed by atoms with Gasteiger partial charge in [-0.25, -0.2) is 4.98 Å². The minimum atomic E-state index is 0.671. The van der Waals surface area contributed by atoms with Crippen molar-refractivity contribution in [3.8, 4) is 11.3 Å². The van der Waals surface area contributed by atoms with Gasteiger partial charge >= 0.3 is 0 Å². The third-order valence-electron chi connectivity index (χ3n) is 4.35. The number of nitrogens with one attached hydrogen (secondary N) is 1. The van der Waals surface area contributed by atoms with Gasteiger partial charge in [-0.05, 0) is 24.8 Å². The van der Waals surface area contributed by atoms with Gasteiger partial charge in [0.1, 0.15) is 0 Å². The zero-order chi connectivity index (χ0) is 12.1. The fraction of sp³-hybridized carbons (Fsp3) is 0.400. The molecule has 3 nitrogen and oxygen atoms in total. The van der Waals surface area contributed by atoms with Gasteiger partial charge in [-0.2, -0.15) is 0 Å². The molecule has 4 rings (SSSR count). The minimum Gasteiger partial charge on any atom is -0.327 e. The van der Waals surface area contributed by atoms with Crippen LogP contribution in [0.1, 0.15) is 11.6 Å². The molecule has 18 heavy (non-hydrogen) atoms. The van der Waals surface area contributed by atoms with Crippen molar-refractivity contribution in [2.24, 2.45) is 11.8 Å². The van der Waals surface area contributed by atoms with Crippen LogP contribution in [0.4, 0.5) is 0 Å². The van der Waals surface area contributed by atoms with E-state index in [4.69, 9.17) is 0 Å². The van der Waals surface area contributed by atoms with Gasteiger partial charge in [-0.1, -0.05) is 23.8 Å². The maximum absolute atomic E-state index is 4.36. The van der Waals surface area contributed by atoms with Crippen molar-refractivity contribution in [3.05, 3.63) is 42.4 Å². The monoisotopic (exact) mass is 239 g/mol. The van der Waals surface area contributed by atoms with E-state index < -0.39 is 0 Å². The average Bonchev–Trinajstić information content (AvgIpc) is 2.82. The molecule has 1 aliphatic carbocycles. The quantitative estimate of drug-likeness (QED) is 0.871. The van der Waals surface area contributed by atoms with Gasteiger partial charge in [0.15, 0.2) is 0 Å². The van der Waals surface area contributed by atoms with Crippen LogP contribution in [-0.2, 0) is 0 Å². The first-order valence-corrected chi connectivity index (χ1v) is 6.64. The summed E-state index contributed by atoms with van der Waals surface area (Å²) >= 11 is 0. The Morgan fingerprint density at radius 2 is 2.11 bits per heavy atom. The molecule has 2 atom stereocenters. The highest BCUT2D eigenvalue weighted by Crippen LogP contribution is 2.53. The lowest BCUT2D eigenvalue weighted by molar-refractivity contribution is 0.573. The average molecular weight is 239 g/mol. The lowest BCUT2D eigenvalue weighted by Gasteiger charge is -2.11. The summed E-state index contributed by atoms with van der Waals surface area (Å²) in [5.74, 6) is 1.64. The van der Waals surface area contributed by atoms with Gasteiger partial charge in [0, 0.05) is 24.7 Å². The summed E-state index contributed by atoms with van der Waals surface area (Å²) in [6, 6.07) is 9.35. The summed E-state index contributed by atoms with van der Waals surface area (Å²) in [6.07, 6.45) is 4.00. The van der Waals surface area contributed by atoms with Crippen molar-refractivity contribution < 1.29 is 0 Å². The first kappa shape index (κ1) is 10.3. The fourth-order valence-corrected chi connectivity index (χ4v) is 3.37. The van der Waals surface area contributed by atoms with Gasteiger partial charge < -0.3 is 9.88 Å². The molecule has 0 bridgehead atoms. The molecule has 1 saturated heterocycles. The summed E-state index contributed by atoms with van der Waals surface area (Å²) in [7, 11) is 0. The van der Waals surface area contributed by atoms with E-state index in [0.717, 1.165) is 11.8 Å². The highest BCUT2D eigenvalue weighted by Gasteiger charge is 2.54. The van der Waals surface area contributed by atoms with E-state index in [1.54, 1.807) is 0 Å². The SMILES string of the molecule is Cc1cccc(-c2cncn2C2C3CNCC32)c1. The van der Waals surface area contributed by atoms with Crippen molar-refractivity contribution in [2.45, 2.75) is 13.0 Å². The Balaban J connectivity index is 1.72. The Kier molecular flexibility index (Phi) is 2.12. The summed E-state index contributed by atoms with van der Waals surface area (Å²) in [6.45, 7) is 4.47. The fourth-order valence-electron chi connectivity index (χ4n) is 3.37. The van der Waals surface area contributed by atoms with E-state index in [0.29, 0.717) is 6.04 Å². The molecule has 2 aliphatic rings. The molecule has 0 amide bonds. The molecule has 2 heterocycles. The van der Waals surface area contributed by atoms with Gasteiger partial charge in [0.05, 0.1) is 18.2 Å². The smallest absolute Gasteiger partial charge is 0.0953 e. The van der Waals surface area contributed by atoms with Crippen LogP contribution in [0.25, 0.3) is 11.3 Å². The molecule has 1 N–H and O–H groups in total. The number of hydrogen-bond donors (Lipinski definition) is 1. The number of aromatic nitrogens is 2. The Morgan fingerprint density at radius 3 is 2.89 bits per heavy atom. The highest BCUT2D eigenvalue weighted by atomic mass is 15.2. The maximum Gasteiger partial charge on any atom is 0.0953 e. The molecule has 2 fully saturated rings. The van der Waals surface area contributed by atoms with E-state index in [-0.39, 0.29) is 0 Å². The molecule has 0 radical (unpaired) electrons. The zero-order valence-electron chi connectivity index (χ0n) is 10.5. The molecule has 2 aromatic rings. The van der Waals surface area contributed by atoms with Gasteiger partial charge in [-0.3, -0.25) is 0 Å². The van der Waals surface area contributed by atoms with Crippen LogP contribution in [0.3, 0.4) is 0 Å². The standard InChI is InChI=1S/C15H17N3/c1-10-3-2-4-11(5-10)14-8-17-9-18(14)15-12-6-16-7-13(12)15/h2-5,8-9,12-13,15-16H,6-7H2,1H3. The number of nitrogens with zero attached hydrogens (tertiary/aromatic N) is 2. The predicted octanol–water partition coefficient (Wildman–Crippen LogP) is 2.25. The van der Waals surface area contributed by atoms with Crippen LogP contribution in [0.5, 0.6) is 0 Å². The number of piperidine rings is 1. The van der Waals surface area contributed by atoms with E-state index in [9.17, 15) is 0 Å². The normalized spacial score (nSPS) is 29.3. The number of imidazole rings is 1. The first-order valence-electron chi connectivity index (χ1n) is 6.64. The molecule has 1 aromatic heterocycles. The molecule has 1 aliphatic heterocycles. The first-order chi connectivity index (χ1) is 8.84. The Morgan fingerprint density at radius 1 is 1.28 bits per heavy atom. The Hall–Kier alpha value is -1.61. The highest BCUT2D eigenvalue weighted by molar-refractivity contribution is 5.60. The third kappa shape index (κ3) is 1.44. The second-order valence-electron chi connectivity index (χ2n) is 5.53. The summed E-state index contributed by atoms with van der Waals surface area (Å²) in [5.41, 5.74) is 3.85. The van der Waals surface area contributed by atoms with Gasteiger partial charge in [0.25, 0.3) is 0 Å². The number of aryl methyl sites for hydroxylation is 1. The largest absolute Gasteiger partial charge is 0.327 e. The summed E-state index contributed by atoms with van der Waals surface area (Å²) in [4.78, 5) is 4.36. The number of hydrogen-bond acceptors (Lipinski definition) is 2. The molecule has 0 spiro atoms. The number of rotatable bonds is 2. The molecular weight excluding hydrogens is 222 g/mol. The van der Waals surface area contributed by atoms with Crippen LogP contribution in [-0.4, -0.2) is 22.6 Å². The lowest BCUT2D eigenvalue weighted by Crippen LogP contribution is -2.16. The summed E-state index contributed by atoms with van der Waals surface area (Å²) in [5, 5.41) is 3.45. The van der Waals surface area contributed by atoms with E-state index >= 15 is 0 Å². The van der Waals surface area contributed by atoms with Gasteiger partial charge in [0.2, 0.25) is 0 Å². The number of fused-ring (bicyclic) bond motifs is 1. The predicted molar refractivity (Wildman–Crippen MR) is 71.3 cm³/mol. The minimum absolute atomic E-state index is 0.671. The van der Waals surface area contributed by atoms with Crippen LogP contribution in [0, 0.1) is 18.8 Å². The Labute approximate surface area is 107 Å². The molecule has 92 valence electrons. The van der Waals surface area contributed by atoms with Gasteiger partial charge in [-0.15, -0.1) is 0 Å². The molecule has 1 aromatic carbocycles. The van der Waals surface area contributed by atoms with Crippen LogP contribution >= 0.6 is 0 Å². The van der Waals surface area contributed by atoms with Crippen molar-refractivity contribution in [3.63, 3.8) is 0 Å². The molecular formula is C15H17N3. The van der Waals surface area contributed by atoms with Crippen molar-refractivity contribution >= 4 is 0 Å². The van der Waals surface area contributed by atoms with Crippen LogP contribution < -0.4 is 5.32 Å². The lowest BCUT2D eigenvalue weighted by atomic mass is 10.1. The van der Waals surface area contributed by atoms with Crippen LogP contribution in [0.15, 0.2) is 36.8 Å². The zero-order valence-corrected chi connectivity index (χ0v) is 10.5. The molecule has 3 heteroatoms. The van der Waals surface area contributed by atoms with E-state index in [2.05, 4.69) is 46.1 Å². The van der Waals surface area contributed by atoms with Crippen molar-refractivity contribution in [1.82, 2.24) is 14.9 Å². The third-order valence-corrected chi connectivity index (χ3v) is 4.35. The topological polar surface area (TPSA) is 29.9 Å². The van der Waals surface area contributed by atoms with E-state index in [1.165, 1.54) is 29.9 Å². The van der Waals surface area contributed by atoms with Crippen molar-refractivity contribution in [2.75, 3.05) is 13.1 Å². The molecule has 2 unspecified atom stereocenters. The Bertz CT molecular complexity index is 577. The van der Waals surface area contributed by atoms with Crippen molar-refractivity contribution in [1.29, 1.82) is 0 Å². The number of benzene rings is 1. The second-order valence-corrected chi connectivity index (χ2v) is 5.53. The summed E-state index contributed by atoms with van der Waals surface area (Å²) < 4.78 is 2.38. The molecule has 1 saturated carbocycles. The van der Waals surface area contributed by atoms with Crippen LogP contribution in [0.2, 0.25) is 0 Å². The van der Waals surface area contributed by atoms with E-state index in [1.807, 2.05) is 12.5 Å².